The molecule has 0 aliphatic heterocycles. The van der Waals surface area contributed by atoms with Crippen molar-refractivity contribution < 1.29 is 9.47 Å². The lowest BCUT2D eigenvalue weighted by Crippen LogP contribution is -2.21. The van der Waals surface area contributed by atoms with Crippen molar-refractivity contribution in [1.29, 1.82) is 0 Å². The monoisotopic (exact) mass is 251 g/mol. The Bertz CT molecular complexity index is 328. The van der Waals surface area contributed by atoms with Gasteiger partial charge in [-0.2, -0.15) is 0 Å². The molecular weight excluding hydrogens is 226 g/mol. The molecule has 0 aliphatic carbocycles. The molecule has 0 saturated heterocycles. The molecular formula is C15H25NO2. The van der Waals surface area contributed by atoms with Gasteiger partial charge in [0, 0.05) is 0 Å². The van der Waals surface area contributed by atoms with Crippen LogP contribution in [0.25, 0.3) is 0 Å². The van der Waals surface area contributed by atoms with E-state index in [2.05, 4.69) is 19.2 Å². The predicted molar refractivity (Wildman–Crippen MR) is 75.4 cm³/mol. The van der Waals surface area contributed by atoms with Gasteiger partial charge in [-0.25, -0.2) is 0 Å². The van der Waals surface area contributed by atoms with Crippen LogP contribution in [0.15, 0.2) is 24.3 Å². The van der Waals surface area contributed by atoms with Gasteiger partial charge in [0.2, 0.25) is 0 Å². The topological polar surface area (TPSA) is 30.5 Å². The second kappa shape index (κ2) is 8.81. The first-order valence-electron chi connectivity index (χ1n) is 6.83. The fourth-order valence-electron chi connectivity index (χ4n) is 1.71. The minimum atomic E-state index is 0.629. The summed E-state index contributed by atoms with van der Waals surface area (Å²) in [7, 11) is 0. The molecule has 0 bridgehead atoms. The van der Waals surface area contributed by atoms with Crippen molar-refractivity contribution in [3.05, 3.63) is 24.3 Å². The molecule has 0 saturated carbocycles. The van der Waals surface area contributed by atoms with Crippen LogP contribution < -0.4 is 14.8 Å². The van der Waals surface area contributed by atoms with E-state index in [4.69, 9.17) is 9.47 Å². The molecule has 0 spiro atoms. The Hall–Kier alpha value is -1.22. The van der Waals surface area contributed by atoms with Gasteiger partial charge in [-0.1, -0.05) is 26.0 Å². The van der Waals surface area contributed by atoms with Gasteiger partial charge < -0.3 is 14.8 Å². The maximum absolute atomic E-state index is 5.79. The minimum Gasteiger partial charge on any atom is -0.490 e. The first kappa shape index (κ1) is 14.8. The van der Waals surface area contributed by atoms with E-state index in [0.717, 1.165) is 37.6 Å². The van der Waals surface area contributed by atoms with Crippen LogP contribution >= 0.6 is 0 Å². The molecule has 0 heterocycles. The van der Waals surface area contributed by atoms with Gasteiger partial charge in [-0.05, 0) is 44.5 Å². The van der Waals surface area contributed by atoms with Crippen molar-refractivity contribution in [3.63, 3.8) is 0 Å². The molecule has 3 heteroatoms. The second-order valence-electron chi connectivity index (χ2n) is 4.43. The Kier molecular flexibility index (Phi) is 7.26. The van der Waals surface area contributed by atoms with E-state index in [-0.39, 0.29) is 0 Å². The third kappa shape index (κ3) is 5.41. The van der Waals surface area contributed by atoms with Gasteiger partial charge in [0.1, 0.15) is 0 Å². The van der Waals surface area contributed by atoms with Gasteiger partial charge >= 0.3 is 0 Å². The summed E-state index contributed by atoms with van der Waals surface area (Å²) < 4.78 is 11.3. The average Bonchev–Trinajstić information content (AvgIpc) is 2.38. The van der Waals surface area contributed by atoms with Crippen LogP contribution in [0, 0.1) is 5.92 Å². The van der Waals surface area contributed by atoms with Gasteiger partial charge in [0.05, 0.1) is 13.2 Å². The fourth-order valence-corrected chi connectivity index (χ4v) is 1.71. The van der Waals surface area contributed by atoms with E-state index < -0.39 is 0 Å². The summed E-state index contributed by atoms with van der Waals surface area (Å²) in [5, 5.41) is 3.35. The summed E-state index contributed by atoms with van der Waals surface area (Å²) in [6.07, 6.45) is 1.05. The van der Waals surface area contributed by atoms with Crippen molar-refractivity contribution in [3.8, 4) is 11.5 Å². The molecule has 18 heavy (non-hydrogen) atoms. The van der Waals surface area contributed by atoms with E-state index in [0.29, 0.717) is 12.5 Å². The highest BCUT2D eigenvalue weighted by molar-refractivity contribution is 5.39. The van der Waals surface area contributed by atoms with Crippen LogP contribution in [0.2, 0.25) is 0 Å². The zero-order valence-electron chi connectivity index (χ0n) is 11.7. The number of benzene rings is 1. The quantitative estimate of drug-likeness (QED) is 0.731. The van der Waals surface area contributed by atoms with Crippen LogP contribution in [0.5, 0.6) is 11.5 Å². The Morgan fingerprint density at radius 2 is 1.78 bits per heavy atom. The second-order valence-corrected chi connectivity index (χ2v) is 4.43. The smallest absolute Gasteiger partial charge is 0.161 e. The third-order valence-corrected chi connectivity index (χ3v) is 2.76. The molecule has 0 fully saturated rings. The Morgan fingerprint density at radius 1 is 1.11 bits per heavy atom. The number of para-hydroxylation sites is 2. The number of nitrogens with one attached hydrogen (secondary N) is 1. The third-order valence-electron chi connectivity index (χ3n) is 2.76. The summed E-state index contributed by atoms with van der Waals surface area (Å²) >= 11 is 0. The maximum Gasteiger partial charge on any atom is 0.161 e. The predicted octanol–water partition coefficient (Wildman–Crippen LogP) is 3.10. The van der Waals surface area contributed by atoms with Gasteiger partial charge in [-0.15, -0.1) is 0 Å². The lowest BCUT2D eigenvalue weighted by molar-refractivity contribution is 0.257. The number of hydrogen-bond acceptors (Lipinski definition) is 3. The highest BCUT2D eigenvalue weighted by Gasteiger charge is 2.05. The van der Waals surface area contributed by atoms with Crippen LogP contribution in [0.3, 0.4) is 0 Å². The largest absolute Gasteiger partial charge is 0.490 e. The molecule has 102 valence electrons. The van der Waals surface area contributed by atoms with E-state index in [1.165, 1.54) is 0 Å². The standard InChI is InChI=1S/C15H25NO2/c1-4-16-12-13(3)10-11-18-15-9-7-6-8-14(15)17-5-2/h6-9,13,16H,4-5,10-12H2,1-3H3. The molecule has 0 aromatic heterocycles. The summed E-state index contributed by atoms with van der Waals surface area (Å²) in [6.45, 7) is 9.82. The SMILES string of the molecule is CCNCC(C)CCOc1ccccc1OCC. The molecule has 1 unspecified atom stereocenters. The summed E-state index contributed by atoms with van der Waals surface area (Å²) in [6, 6.07) is 7.84. The zero-order chi connectivity index (χ0) is 13.2. The molecule has 0 aliphatic rings. The van der Waals surface area contributed by atoms with Crippen molar-refractivity contribution in [2.24, 2.45) is 5.92 Å². The zero-order valence-corrected chi connectivity index (χ0v) is 11.7. The van der Waals surface area contributed by atoms with Gasteiger partial charge in [-0.3, -0.25) is 0 Å². The van der Waals surface area contributed by atoms with E-state index in [1.807, 2.05) is 31.2 Å². The molecule has 0 amide bonds. The van der Waals surface area contributed by atoms with E-state index in [1.54, 1.807) is 0 Å². The molecule has 1 atom stereocenters. The van der Waals surface area contributed by atoms with E-state index >= 15 is 0 Å². The summed E-state index contributed by atoms with van der Waals surface area (Å²) in [5.74, 6) is 2.30. The van der Waals surface area contributed by atoms with Gasteiger partial charge in [0.25, 0.3) is 0 Å². The molecule has 1 N–H and O–H groups in total. The molecule has 1 rings (SSSR count). The number of rotatable bonds is 9. The van der Waals surface area contributed by atoms with Crippen molar-refractivity contribution in [2.75, 3.05) is 26.3 Å². The van der Waals surface area contributed by atoms with Crippen LogP contribution in [0.4, 0.5) is 0 Å². The average molecular weight is 251 g/mol. The highest BCUT2D eigenvalue weighted by atomic mass is 16.5. The summed E-state index contributed by atoms with van der Waals surface area (Å²) in [4.78, 5) is 0. The first-order valence-corrected chi connectivity index (χ1v) is 6.83. The van der Waals surface area contributed by atoms with Crippen molar-refractivity contribution in [1.82, 2.24) is 5.32 Å². The Balaban J connectivity index is 2.34. The number of hydrogen-bond donors (Lipinski definition) is 1. The maximum atomic E-state index is 5.79. The van der Waals surface area contributed by atoms with Crippen LogP contribution in [-0.4, -0.2) is 26.3 Å². The van der Waals surface area contributed by atoms with Crippen LogP contribution in [-0.2, 0) is 0 Å². The normalized spacial score (nSPS) is 12.2. The Morgan fingerprint density at radius 3 is 2.39 bits per heavy atom. The van der Waals surface area contributed by atoms with Crippen molar-refractivity contribution in [2.45, 2.75) is 27.2 Å². The Labute approximate surface area is 110 Å². The lowest BCUT2D eigenvalue weighted by Gasteiger charge is -2.14. The molecule has 1 aromatic rings. The molecule has 0 radical (unpaired) electrons. The van der Waals surface area contributed by atoms with Gasteiger partial charge in [0.15, 0.2) is 11.5 Å². The molecule has 3 nitrogen and oxygen atoms in total. The highest BCUT2D eigenvalue weighted by Crippen LogP contribution is 2.26. The van der Waals surface area contributed by atoms with Crippen LogP contribution in [0.1, 0.15) is 27.2 Å². The van der Waals surface area contributed by atoms with E-state index in [9.17, 15) is 0 Å². The van der Waals surface area contributed by atoms with Crippen molar-refractivity contribution >= 4 is 0 Å². The summed E-state index contributed by atoms with van der Waals surface area (Å²) in [5.41, 5.74) is 0. The first-order chi connectivity index (χ1) is 8.77. The number of ether oxygens (including phenoxy) is 2. The minimum absolute atomic E-state index is 0.629. The fraction of sp³-hybridized carbons (Fsp3) is 0.600. The lowest BCUT2D eigenvalue weighted by atomic mass is 10.1. The molecule has 1 aromatic carbocycles.